The molecule has 0 radical (unpaired) electrons. The quantitative estimate of drug-likeness (QED) is 0.864. The van der Waals surface area contributed by atoms with Gasteiger partial charge in [-0.05, 0) is 32.0 Å². The molecule has 1 fully saturated rings. The van der Waals surface area contributed by atoms with E-state index >= 15 is 0 Å². The molecule has 1 aliphatic rings. The lowest BCUT2D eigenvalue weighted by Gasteiger charge is -2.39. The molecule has 0 aliphatic carbocycles. The molecule has 0 saturated carbocycles. The minimum absolute atomic E-state index is 0. The van der Waals surface area contributed by atoms with Gasteiger partial charge < -0.3 is 10.2 Å². The van der Waals surface area contributed by atoms with E-state index in [1.165, 1.54) is 6.07 Å². The fourth-order valence-electron chi connectivity index (χ4n) is 2.42. The van der Waals surface area contributed by atoms with Gasteiger partial charge in [0, 0.05) is 30.9 Å². The second-order valence-corrected chi connectivity index (χ2v) is 5.15. The highest BCUT2D eigenvalue weighted by molar-refractivity contribution is 5.85. The molecule has 0 amide bonds. The Kier molecular flexibility index (Phi) is 5.48. The summed E-state index contributed by atoms with van der Waals surface area (Å²) in [4.78, 5) is 1.94. The first kappa shape index (κ1) is 17.6. The Morgan fingerprint density at radius 1 is 1.33 bits per heavy atom. The van der Waals surface area contributed by atoms with E-state index in [0.717, 1.165) is 12.6 Å². The zero-order chi connectivity index (χ0) is 14.9. The molecule has 0 aromatic heterocycles. The number of hydrogen-bond acceptors (Lipinski definition) is 3. The molecular formula is C14H17ClF3N3. The van der Waals surface area contributed by atoms with Gasteiger partial charge in [-0.15, -0.1) is 12.4 Å². The van der Waals surface area contributed by atoms with E-state index in [-0.39, 0.29) is 30.1 Å². The van der Waals surface area contributed by atoms with Gasteiger partial charge in [0.05, 0.1) is 17.2 Å². The van der Waals surface area contributed by atoms with Crippen molar-refractivity contribution in [3.05, 3.63) is 29.3 Å². The van der Waals surface area contributed by atoms with Crippen LogP contribution in [0.25, 0.3) is 0 Å². The van der Waals surface area contributed by atoms with Crippen molar-refractivity contribution >= 4 is 18.1 Å². The van der Waals surface area contributed by atoms with Gasteiger partial charge >= 0.3 is 6.18 Å². The molecule has 1 saturated heterocycles. The summed E-state index contributed by atoms with van der Waals surface area (Å²) in [6.07, 6.45) is -4.51. The summed E-state index contributed by atoms with van der Waals surface area (Å²) in [6.45, 7) is 5.32. The van der Waals surface area contributed by atoms with Crippen LogP contribution in [0.15, 0.2) is 18.2 Å². The highest BCUT2D eigenvalue weighted by Crippen LogP contribution is 2.35. The zero-order valence-corrected chi connectivity index (χ0v) is 12.6. The highest BCUT2D eigenvalue weighted by Gasteiger charge is 2.35. The summed E-state index contributed by atoms with van der Waals surface area (Å²) in [7, 11) is 0. The Morgan fingerprint density at radius 2 is 2.00 bits per heavy atom. The van der Waals surface area contributed by atoms with Gasteiger partial charge in [-0.25, -0.2) is 0 Å². The number of halogens is 4. The third-order valence-corrected chi connectivity index (χ3v) is 3.52. The van der Waals surface area contributed by atoms with Crippen molar-refractivity contribution in [2.75, 3.05) is 18.0 Å². The molecule has 1 aromatic carbocycles. The van der Waals surface area contributed by atoms with E-state index in [2.05, 4.69) is 5.32 Å². The van der Waals surface area contributed by atoms with Crippen LogP contribution in [0.4, 0.5) is 18.9 Å². The number of rotatable bonds is 1. The topological polar surface area (TPSA) is 39.1 Å². The van der Waals surface area contributed by atoms with Crippen molar-refractivity contribution < 1.29 is 13.2 Å². The van der Waals surface area contributed by atoms with E-state index in [0.29, 0.717) is 12.2 Å². The molecule has 7 heteroatoms. The molecule has 0 bridgehead atoms. The molecule has 1 N–H and O–H groups in total. The summed E-state index contributed by atoms with van der Waals surface area (Å²) in [5.41, 5.74) is -0.690. The maximum Gasteiger partial charge on any atom is 0.417 e. The van der Waals surface area contributed by atoms with Gasteiger partial charge in [-0.2, -0.15) is 18.4 Å². The van der Waals surface area contributed by atoms with E-state index in [4.69, 9.17) is 5.26 Å². The van der Waals surface area contributed by atoms with E-state index in [9.17, 15) is 13.2 Å². The van der Waals surface area contributed by atoms with Crippen molar-refractivity contribution in [2.45, 2.75) is 32.1 Å². The predicted octanol–water partition coefficient (Wildman–Crippen LogP) is 3.19. The second kappa shape index (κ2) is 6.54. The molecule has 0 spiro atoms. The standard InChI is InChI=1S/C14H16F3N3.ClH/c1-9-8-20(10(2)7-19-9)12-4-3-11(6-18)13(5-12)14(15,16)17;/h3-5,9-10,19H,7-8H2,1-2H3;1H/t9-,10+;/m1./s1. The first-order valence-corrected chi connectivity index (χ1v) is 6.44. The summed E-state index contributed by atoms with van der Waals surface area (Å²) < 4.78 is 38.9. The fraction of sp³-hybridized carbons (Fsp3) is 0.500. The first-order valence-electron chi connectivity index (χ1n) is 6.44. The van der Waals surface area contributed by atoms with Crippen molar-refractivity contribution in [3.63, 3.8) is 0 Å². The van der Waals surface area contributed by atoms with Crippen LogP contribution in [0.2, 0.25) is 0 Å². The third kappa shape index (κ3) is 3.80. The molecule has 2 rings (SSSR count). The summed E-state index contributed by atoms with van der Waals surface area (Å²) in [5, 5.41) is 12.1. The number of nitrogens with zero attached hydrogens (tertiary/aromatic N) is 2. The van der Waals surface area contributed by atoms with E-state index < -0.39 is 11.7 Å². The van der Waals surface area contributed by atoms with Crippen molar-refractivity contribution in [1.82, 2.24) is 5.32 Å². The lowest BCUT2D eigenvalue weighted by Crippen LogP contribution is -2.54. The number of benzene rings is 1. The van der Waals surface area contributed by atoms with Crippen molar-refractivity contribution in [2.24, 2.45) is 0 Å². The average molecular weight is 320 g/mol. The number of anilines is 1. The number of nitrogens with one attached hydrogen (secondary N) is 1. The van der Waals surface area contributed by atoms with Crippen LogP contribution < -0.4 is 10.2 Å². The Bertz CT molecular complexity index is 539. The van der Waals surface area contributed by atoms with E-state index in [1.807, 2.05) is 18.7 Å². The van der Waals surface area contributed by atoms with Gasteiger partial charge in [-0.1, -0.05) is 0 Å². The monoisotopic (exact) mass is 319 g/mol. The largest absolute Gasteiger partial charge is 0.417 e. The summed E-state index contributed by atoms with van der Waals surface area (Å²) in [5.74, 6) is 0. The van der Waals surface area contributed by atoms with Crippen LogP contribution in [0.5, 0.6) is 0 Å². The molecule has 21 heavy (non-hydrogen) atoms. The normalized spacial score (nSPS) is 22.4. The van der Waals surface area contributed by atoms with Gasteiger partial charge in [0.15, 0.2) is 0 Å². The lowest BCUT2D eigenvalue weighted by molar-refractivity contribution is -0.137. The predicted molar refractivity (Wildman–Crippen MR) is 77.7 cm³/mol. The summed E-state index contributed by atoms with van der Waals surface area (Å²) >= 11 is 0. The van der Waals surface area contributed by atoms with Crippen LogP contribution in [-0.2, 0) is 6.18 Å². The number of alkyl halides is 3. The average Bonchev–Trinajstić information content (AvgIpc) is 2.40. The molecule has 3 nitrogen and oxygen atoms in total. The van der Waals surface area contributed by atoms with Crippen LogP contribution in [0, 0.1) is 11.3 Å². The number of piperazine rings is 1. The van der Waals surface area contributed by atoms with Gasteiger partial charge in [-0.3, -0.25) is 0 Å². The minimum Gasteiger partial charge on any atom is -0.366 e. The fourth-order valence-corrected chi connectivity index (χ4v) is 2.42. The third-order valence-electron chi connectivity index (χ3n) is 3.52. The lowest BCUT2D eigenvalue weighted by atomic mass is 10.0. The maximum absolute atomic E-state index is 13.0. The summed E-state index contributed by atoms with van der Waals surface area (Å²) in [6, 6.07) is 5.84. The van der Waals surface area contributed by atoms with Crippen molar-refractivity contribution in [3.8, 4) is 6.07 Å². The van der Waals surface area contributed by atoms with Gasteiger partial charge in [0.1, 0.15) is 0 Å². The minimum atomic E-state index is -4.51. The first-order chi connectivity index (χ1) is 9.32. The Hall–Kier alpha value is -1.45. The molecule has 1 aromatic rings. The molecule has 0 unspecified atom stereocenters. The smallest absolute Gasteiger partial charge is 0.366 e. The van der Waals surface area contributed by atoms with Gasteiger partial charge in [0.25, 0.3) is 0 Å². The highest BCUT2D eigenvalue weighted by atomic mass is 35.5. The maximum atomic E-state index is 13.0. The number of nitriles is 1. The second-order valence-electron chi connectivity index (χ2n) is 5.15. The SMILES string of the molecule is C[C@@H]1CN(c2ccc(C#N)c(C(F)(F)F)c2)[C@@H](C)CN1.Cl. The molecule has 116 valence electrons. The van der Waals surface area contributed by atoms with Crippen LogP contribution in [0.3, 0.4) is 0 Å². The molecule has 1 heterocycles. The van der Waals surface area contributed by atoms with Gasteiger partial charge in [0.2, 0.25) is 0 Å². The molecule has 2 atom stereocenters. The van der Waals surface area contributed by atoms with Crippen LogP contribution >= 0.6 is 12.4 Å². The number of hydrogen-bond donors (Lipinski definition) is 1. The zero-order valence-electron chi connectivity index (χ0n) is 11.7. The van der Waals surface area contributed by atoms with Crippen molar-refractivity contribution in [1.29, 1.82) is 5.26 Å². The Balaban J connectivity index is 0.00000220. The van der Waals surface area contributed by atoms with Crippen LogP contribution in [0.1, 0.15) is 25.0 Å². The van der Waals surface area contributed by atoms with Crippen LogP contribution in [-0.4, -0.2) is 25.2 Å². The Morgan fingerprint density at radius 3 is 2.57 bits per heavy atom. The Labute approximate surface area is 128 Å². The molecular weight excluding hydrogens is 303 g/mol. The molecule has 1 aliphatic heterocycles. The van der Waals surface area contributed by atoms with E-state index in [1.54, 1.807) is 12.1 Å².